The van der Waals surface area contributed by atoms with E-state index in [-0.39, 0.29) is 5.57 Å². The maximum Gasteiger partial charge on any atom is 0.332 e. The molecule has 0 bridgehead atoms. The van der Waals surface area contributed by atoms with Crippen LogP contribution in [-0.4, -0.2) is 11.1 Å². The van der Waals surface area contributed by atoms with Crippen molar-refractivity contribution >= 4 is 5.97 Å². The number of allylic oxidation sites excluding steroid dienone is 1. The van der Waals surface area contributed by atoms with Crippen molar-refractivity contribution in [3.63, 3.8) is 0 Å². The van der Waals surface area contributed by atoms with Crippen molar-refractivity contribution in [2.24, 2.45) is 5.41 Å². The minimum absolute atomic E-state index is 0.139. The molecule has 0 spiro atoms. The molecule has 0 rings (SSSR count). The van der Waals surface area contributed by atoms with E-state index in [9.17, 15) is 4.79 Å². The minimum atomic E-state index is -1.03. The number of hydrogen-bond acceptors (Lipinski definition) is 2. The average molecular weight is 153 g/mol. The minimum Gasteiger partial charge on any atom is -0.478 e. The highest BCUT2D eigenvalue weighted by molar-refractivity contribution is 5.88. The van der Waals surface area contributed by atoms with Gasteiger partial charge in [0.15, 0.2) is 0 Å². The Bertz CT molecular complexity index is 227. The van der Waals surface area contributed by atoms with E-state index in [0.29, 0.717) is 0 Å². The Kier molecular flexibility index (Phi) is 2.82. The van der Waals surface area contributed by atoms with Gasteiger partial charge in [-0.2, -0.15) is 5.26 Å². The molecular weight excluding hydrogens is 142 g/mol. The largest absolute Gasteiger partial charge is 0.478 e. The van der Waals surface area contributed by atoms with E-state index in [4.69, 9.17) is 10.4 Å². The topological polar surface area (TPSA) is 61.1 Å². The van der Waals surface area contributed by atoms with Gasteiger partial charge in [-0.05, 0) is 5.41 Å². The number of hydrogen-bond donors (Lipinski definition) is 1. The molecule has 0 aliphatic rings. The van der Waals surface area contributed by atoms with Crippen LogP contribution in [0.1, 0.15) is 20.8 Å². The normalized spacial score (nSPS) is 12.4. The van der Waals surface area contributed by atoms with Crippen molar-refractivity contribution in [2.45, 2.75) is 20.8 Å². The van der Waals surface area contributed by atoms with E-state index < -0.39 is 11.4 Å². The number of carboxylic acids is 1. The van der Waals surface area contributed by atoms with Gasteiger partial charge in [0.25, 0.3) is 0 Å². The van der Waals surface area contributed by atoms with Gasteiger partial charge >= 0.3 is 5.97 Å². The molecule has 1 N–H and O–H groups in total. The molecule has 0 aromatic rings. The molecule has 11 heavy (non-hydrogen) atoms. The smallest absolute Gasteiger partial charge is 0.332 e. The number of rotatable bonds is 1. The zero-order valence-electron chi connectivity index (χ0n) is 6.88. The number of aliphatic carboxylic acids is 1. The van der Waals surface area contributed by atoms with Crippen LogP contribution in [0, 0.1) is 16.7 Å². The number of carboxylic acid groups (broad SMARTS) is 1. The molecule has 0 aromatic heterocycles. The summed E-state index contributed by atoms with van der Waals surface area (Å²) in [4.78, 5) is 10.5. The van der Waals surface area contributed by atoms with Crippen LogP contribution >= 0.6 is 0 Å². The molecule has 0 saturated carbocycles. The lowest BCUT2D eigenvalue weighted by atomic mass is 9.86. The Morgan fingerprint density at radius 2 is 2.00 bits per heavy atom. The van der Waals surface area contributed by atoms with Gasteiger partial charge in [0.1, 0.15) is 0 Å². The van der Waals surface area contributed by atoms with Gasteiger partial charge in [-0.1, -0.05) is 20.8 Å². The molecule has 0 saturated heterocycles. The van der Waals surface area contributed by atoms with Gasteiger partial charge in [0.2, 0.25) is 0 Å². The lowest BCUT2D eigenvalue weighted by molar-refractivity contribution is -0.133. The second kappa shape index (κ2) is 3.20. The van der Waals surface area contributed by atoms with Crippen LogP contribution in [0.4, 0.5) is 0 Å². The SMILES string of the molecule is CC(C)(C)/C(=C/C#N)C(=O)O. The first-order valence-electron chi connectivity index (χ1n) is 3.23. The lowest BCUT2D eigenvalue weighted by Crippen LogP contribution is -2.17. The molecule has 3 heteroatoms. The number of carbonyl (C=O) groups is 1. The summed E-state index contributed by atoms with van der Waals surface area (Å²) >= 11 is 0. The molecule has 0 aliphatic heterocycles. The Morgan fingerprint density at radius 3 is 2.09 bits per heavy atom. The summed E-state index contributed by atoms with van der Waals surface area (Å²) in [7, 11) is 0. The van der Waals surface area contributed by atoms with E-state index in [1.54, 1.807) is 26.8 Å². The fourth-order valence-electron chi connectivity index (χ4n) is 0.664. The first-order chi connectivity index (χ1) is 4.89. The van der Waals surface area contributed by atoms with Gasteiger partial charge in [-0.25, -0.2) is 4.79 Å². The van der Waals surface area contributed by atoms with Crippen LogP contribution in [0.5, 0.6) is 0 Å². The summed E-state index contributed by atoms with van der Waals surface area (Å²) < 4.78 is 0. The van der Waals surface area contributed by atoms with Gasteiger partial charge < -0.3 is 5.11 Å². The quantitative estimate of drug-likeness (QED) is 0.459. The fraction of sp³-hybridized carbons (Fsp3) is 0.500. The van der Waals surface area contributed by atoms with Crippen LogP contribution in [0.15, 0.2) is 11.6 Å². The van der Waals surface area contributed by atoms with Crippen molar-refractivity contribution in [3.8, 4) is 6.07 Å². The van der Waals surface area contributed by atoms with Crippen molar-refractivity contribution in [3.05, 3.63) is 11.6 Å². The zero-order chi connectivity index (χ0) is 9.07. The van der Waals surface area contributed by atoms with Crippen LogP contribution in [0.2, 0.25) is 0 Å². The second-order valence-electron chi connectivity index (χ2n) is 3.24. The average Bonchev–Trinajstić information content (AvgIpc) is 1.79. The van der Waals surface area contributed by atoms with Crippen molar-refractivity contribution in [1.82, 2.24) is 0 Å². The van der Waals surface area contributed by atoms with E-state index >= 15 is 0 Å². The molecule has 0 heterocycles. The third kappa shape index (κ3) is 2.85. The van der Waals surface area contributed by atoms with Crippen LogP contribution in [0.3, 0.4) is 0 Å². The highest BCUT2D eigenvalue weighted by Crippen LogP contribution is 2.24. The Hall–Kier alpha value is -1.30. The molecular formula is C8H11NO2. The van der Waals surface area contributed by atoms with E-state index in [1.807, 2.05) is 0 Å². The number of nitriles is 1. The molecule has 0 aromatic carbocycles. The standard InChI is InChI=1S/C8H11NO2/c1-8(2,3)6(4-5-9)7(10)11/h4H,1-3H3,(H,10,11)/b6-4+. The monoisotopic (exact) mass is 153 g/mol. The first-order valence-corrected chi connectivity index (χ1v) is 3.23. The van der Waals surface area contributed by atoms with Crippen molar-refractivity contribution in [1.29, 1.82) is 5.26 Å². The lowest BCUT2D eigenvalue weighted by Gasteiger charge is -2.17. The third-order valence-electron chi connectivity index (χ3n) is 1.25. The highest BCUT2D eigenvalue weighted by atomic mass is 16.4. The van der Waals surface area contributed by atoms with E-state index in [1.165, 1.54) is 0 Å². The molecule has 0 atom stereocenters. The number of nitrogens with zero attached hydrogens (tertiary/aromatic N) is 1. The highest BCUT2D eigenvalue weighted by Gasteiger charge is 2.22. The summed E-state index contributed by atoms with van der Waals surface area (Å²) in [5.74, 6) is -1.03. The Balaban J connectivity index is 4.82. The zero-order valence-corrected chi connectivity index (χ0v) is 6.88. The second-order valence-corrected chi connectivity index (χ2v) is 3.24. The molecule has 3 nitrogen and oxygen atoms in total. The summed E-state index contributed by atoms with van der Waals surface area (Å²) in [5.41, 5.74) is -0.332. The van der Waals surface area contributed by atoms with Crippen molar-refractivity contribution < 1.29 is 9.90 Å². The Labute approximate surface area is 66.0 Å². The maximum atomic E-state index is 10.5. The molecule has 60 valence electrons. The van der Waals surface area contributed by atoms with Crippen molar-refractivity contribution in [2.75, 3.05) is 0 Å². The maximum absolute atomic E-state index is 10.5. The predicted molar refractivity (Wildman–Crippen MR) is 40.8 cm³/mol. The van der Waals surface area contributed by atoms with Gasteiger partial charge in [0.05, 0.1) is 11.6 Å². The summed E-state index contributed by atoms with van der Waals surface area (Å²) in [5, 5.41) is 16.9. The third-order valence-corrected chi connectivity index (χ3v) is 1.25. The molecule has 0 unspecified atom stereocenters. The fourth-order valence-corrected chi connectivity index (χ4v) is 0.664. The van der Waals surface area contributed by atoms with Crippen LogP contribution in [0.25, 0.3) is 0 Å². The summed E-state index contributed by atoms with van der Waals surface area (Å²) in [6, 6.07) is 1.71. The van der Waals surface area contributed by atoms with Crippen LogP contribution < -0.4 is 0 Å². The summed E-state index contributed by atoms with van der Waals surface area (Å²) in [6.45, 7) is 5.26. The van der Waals surface area contributed by atoms with Gasteiger partial charge in [-0.15, -0.1) is 0 Å². The molecule has 0 radical (unpaired) electrons. The predicted octanol–water partition coefficient (Wildman–Crippen LogP) is 1.57. The summed E-state index contributed by atoms with van der Waals surface area (Å²) in [6.07, 6.45) is 1.07. The molecule has 0 aliphatic carbocycles. The van der Waals surface area contributed by atoms with Crippen LogP contribution in [-0.2, 0) is 4.79 Å². The van der Waals surface area contributed by atoms with E-state index in [0.717, 1.165) is 6.08 Å². The van der Waals surface area contributed by atoms with Gasteiger partial charge in [-0.3, -0.25) is 0 Å². The molecule has 0 fully saturated rings. The van der Waals surface area contributed by atoms with E-state index in [2.05, 4.69) is 0 Å². The molecule has 0 amide bonds. The first kappa shape index (κ1) is 9.70. The van der Waals surface area contributed by atoms with Gasteiger partial charge in [0, 0.05) is 6.08 Å². The Morgan fingerprint density at radius 1 is 1.55 bits per heavy atom.